The molecule has 0 bridgehead atoms. The van der Waals surface area contributed by atoms with Crippen molar-refractivity contribution in [2.75, 3.05) is 0 Å². The predicted molar refractivity (Wildman–Crippen MR) is 66.3 cm³/mol. The van der Waals surface area contributed by atoms with Gasteiger partial charge in [-0.25, -0.2) is 0 Å². The fraction of sp³-hybridized carbons (Fsp3) is 0.786. The van der Waals surface area contributed by atoms with Crippen molar-refractivity contribution < 1.29 is 0 Å². The summed E-state index contributed by atoms with van der Waals surface area (Å²) in [5.41, 5.74) is 0. The zero-order valence-corrected chi connectivity index (χ0v) is 9.93. The highest BCUT2D eigenvalue weighted by molar-refractivity contribution is 4.81. The Morgan fingerprint density at radius 3 is 1.93 bits per heavy atom. The van der Waals surface area contributed by atoms with Crippen molar-refractivity contribution in [2.45, 2.75) is 71.1 Å². The van der Waals surface area contributed by atoms with Crippen LogP contribution >= 0.6 is 0 Å². The summed E-state index contributed by atoms with van der Waals surface area (Å²) in [4.78, 5) is 0. The summed E-state index contributed by atoms with van der Waals surface area (Å²) in [6, 6.07) is 0. The topological polar surface area (TPSA) is 0 Å². The van der Waals surface area contributed by atoms with Crippen LogP contribution in [0.5, 0.6) is 0 Å². The van der Waals surface area contributed by atoms with E-state index in [9.17, 15) is 0 Å². The Bertz CT molecular complexity index is 113. The lowest BCUT2D eigenvalue weighted by Crippen LogP contribution is -1.79. The number of allylic oxidation sites excluding steroid dienone is 2. The average Bonchev–Trinajstić information content (AvgIpc) is 2.21. The van der Waals surface area contributed by atoms with Crippen molar-refractivity contribution in [1.82, 2.24) is 0 Å². The third kappa shape index (κ3) is 11.7. The predicted octanol–water partition coefficient (Wildman–Crippen LogP) is 5.30. The normalized spacial score (nSPS) is 11.3. The van der Waals surface area contributed by atoms with Crippen LogP contribution in [0.15, 0.2) is 12.2 Å². The molecule has 0 heteroatoms. The minimum Gasteiger partial charge on any atom is -0.0885 e. The molecule has 0 atom stereocenters. The van der Waals surface area contributed by atoms with Crippen LogP contribution in [0.4, 0.5) is 0 Å². The maximum Gasteiger partial charge on any atom is -0.0351 e. The second kappa shape index (κ2) is 12.7. The van der Waals surface area contributed by atoms with Gasteiger partial charge in [-0.1, -0.05) is 64.0 Å². The summed E-state index contributed by atoms with van der Waals surface area (Å²) in [7, 11) is 0. The Labute approximate surface area is 90.8 Å². The first kappa shape index (κ1) is 13.7. The summed E-state index contributed by atoms with van der Waals surface area (Å²) in [5.74, 6) is 0. The molecule has 0 aromatic heterocycles. The largest absolute Gasteiger partial charge is 0.0885 e. The van der Waals surface area contributed by atoms with Crippen LogP contribution in [-0.4, -0.2) is 0 Å². The molecular formula is C14H27. The van der Waals surface area contributed by atoms with Gasteiger partial charge in [0.25, 0.3) is 0 Å². The number of hydrogen-bond acceptors (Lipinski definition) is 0. The van der Waals surface area contributed by atoms with Crippen molar-refractivity contribution in [3.63, 3.8) is 0 Å². The first-order chi connectivity index (χ1) is 6.91. The maximum atomic E-state index is 3.77. The van der Waals surface area contributed by atoms with E-state index in [1.807, 2.05) is 0 Å². The number of rotatable bonds is 10. The van der Waals surface area contributed by atoms with E-state index in [-0.39, 0.29) is 0 Å². The van der Waals surface area contributed by atoms with Crippen molar-refractivity contribution >= 4 is 0 Å². The quantitative estimate of drug-likeness (QED) is 0.328. The van der Waals surface area contributed by atoms with Gasteiger partial charge in [0.05, 0.1) is 0 Å². The Morgan fingerprint density at radius 1 is 0.786 bits per heavy atom. The van der Waals surface area contributed by atoms with Gasteiger partial charge in [0.1, 0.15) is 0 Å². The summed E-state index contributed by atoms with van der Waals surface area (Å²) >= 11 is 0. The Morgan fingerprint density at radius 2 is 1.36 bits per heavy atom. The molecular weight excluding hydrogens is 168 g/mol. The fourth-order valence-corrected chi connectivity index (χ4v) is 1.63. The molecule has 1 radical (unpaired) electrons. The lowest BCUT2D eigenvalue weighted by Gasteiger charge is -1.99. The third-order valence-corrected chi connectivity index (χ3v) is 2.56. The van der Waals surface area contributed by atoms with E-state index < -0.39 is 0 Å². The van der Waals surface area contributed by atoms with Gasteiger partial charge in [0.15, 0.2) is 0 Å². The van der Waals surface area contributed by atoms with Gasteiger partial charge in [-0.2, -0.15) is 0 Å². The molecule has 0 aromatic rings. The molecule has 0 nitrogen and oxygen atoms in total. The highest BCUT2D eigenvalue weighted by Gasteiger charge is 1.89. The van der Waals surface area contributed by atoms with Crippen LogP contribution in [0.25, 0.3) is 0 Å². The Hall–Kier alpha value is -0.260. The fourth-order valence-electron chi connectivity index (χ4n) is 1.63. The van der Waals surface area contributed by atoms with Crippen molar-refractivity contribution in [3.05, 3.63) is 19.1 Å². The number of unbranched alkanes of at least 4 members (excludes halogenated alkanes) is 8. The van der Waals surface area contributed by atoms with Gasteiger partial charge >= 0.3 is 0 Å². The van der Waals surface area contributed by atoms with E-state index in [1.165, 1.54) is 57.8 Å². The highest BCUT2D eigenvalue weighted by atomic mass is 14.0. The lowest BCUT2D eigenvalue weighted by molar-refractivity contribution is 0.577. The lowest BCUT2D eigenvalue weighted by atomic mass is 10.1. The molecule has 0 aliphatic rings. The molecule has 0 heterocycles. The van der Waals surface area contributed by atoms with Crippen molar-refractivity contribution in [2.24, 2.45) is 0 Å². The van der Waals surface area contributed by atoms with E-state index in [4.69, 9.17) is 0 Å². The molecule has 14 heavy (non-hydrogen) atoms. The second-order valence-electron chi connectivity index (χ2n) is 4.02. The number of hydrogen-bond donors (Lipinski definition) is 0. The SMILES string of the molecule is [CH2]CC=CCCCCCCCCCC. The standard InChI is InChI=1S/C14H27/c1-3-5-7-9-11-13-14-12-10-8-6-4-2/h5,7H,1,3-4,6,8-14H2,2H3. The molecule has 0 amide bonds. The van der Waals surface area contributed by atoms with Gasteiger partial charge in [0, 0.05) is 0 Å². The second-order valence-corrected chi connectivity index (χ2v) is 4.02. The van der Waals surface area contributed by atoms with E-state index in [0.29, 0.717) is 0 Å². The smallest absolute Gasteiger partial charge is 0.0351 e. The molecule has 0 N–H and O–H groups in total. The Kier molecular flexibility index (Phi) is 12.5. The molecule has 0 fully saturated rings. The third-order valence-electron chi connectivity index (χ3n) is 2.56. The molecule has 0 rings (SSSR count). The minimum absolute atomic E-state index is 0.941. The van der Waals surface area contributed by atoms with Gasteiger partial charge in [-0.05, 0) is 26.2 Å². The highest BCUT2D eigenvalue weighted by Crippen LogP contribution is 2.09. The van der Waals surface area contributed by atoms with Crippen LogP contribution in [0.3, 0.4) is 0 Å². The molecule has 0 aliphatic heterocycles. The summed E-state index contributed by atoms with van der Waals surface area (Å²) in [5, 5.41) is 0. The van der Waals surface area contributed by atoms with E-state index in [0.717, 1.165) is 6.42 Å². The van der Waals surface area contributed by atoms with Crippen LogP contribution < -0.4 is 0 Å². The van der Waals surface area contributed by atoms with Crippen molar-refractivity contribution in [3.8, 4) is 0 Å². The van der Waals surface area contributed by atoms with Crippen molar-refractivity contribution in [1.29, 1.82) is 0 Å². The maximum absolute atomic E-state index is 3.77. The first-order valence-electron chi connectivity index (χ1n) is 6.36. The van der Waals surface area contributed by atoms with E-state index >= 15 is 0 Å². The molecule has 0 aliphatic carbocycles. The van der Waals surface area contributed by atoms with Crippen LogP contribution in [0.1, 0.15) is 71.1 Å². The van der Waals surface area contributed by atoms with Gasteiger partial charge in [-0.15, -0.1) is 0 Å². The molecule has 0 unspecified atom stereocenters. The summed E-state index contributed by atoms with van der Waals surface area (Å²) in [6.07, 6.45) is 18.0. The van der Waals surface area contributed by atoms with Crippen LogP contribution in [-0.2, 0) is 0 Å². The van der Waals surface area contributed by atoms with Gasteiger partial charge < -0.3 is 0 Å². The van der Waals surface area contributed by atoms with E-state index in [2.05, 4.69) is 26.0 Å². The molecule has 0 spiro atoms. The summed E-state index contributed by atoms with van der Waals surface area (Å²) in [6.45, 7) is 6.05. The minimum atomic E-state index is 0.941. The molecule has 0 aromatic carbocycles. The molecule has 83 valence electrons. The summed E-state index contributed by atoms with van der Waals surface area (Å²) < 4.78 is 0. The van der Waals surface area contributed by atoms with Gasteiger partial charge in [0.2, 0.25) is 0 Å². The average molecular weight is 195 g/mol. The monoisotopic (exact) mass is 195 g/mol. The Balaban J connectivity index is 2.88. The molecule has 0 saturated heterocycles. The zero-order chi connectivity index (χ0) is 10.5. The van der Waals surface area contributed by atoms with Crippen LogP contribution in [0, 0.1) is 6.92 Å². The van der Waals surface area contributed by atoms with E-state index in [1.54, 1.807) is 0 Å². The van der Waals surface area contributed by atoms with Gasteiger partial charge in [-0.3, -0.25) is 0 Å². The van der Waals surface area contributed by atoms with Crippen LogP contribution in [0.2, 0.25) is 0 Å². The zero-order valence-electron chi connectivity index (χ0n) is 9.93. The first-order valence-corrected chi connectivity index (χ1v) is 6.36. The molecule has 0 saturated carbocycles.